The summed E-state index contributed by atoms with van der Waals surface area (Å²) in [6.45, 7) is 6.08. The Morgan fingerprint density at radius 3 is 2.40 bits per heavy atom. The van der Waals surface area contributed by atoms with Crippen LogP contribution in [0.5, 0.6) is 0 Å². The number of alkyl halides is 2. The quantitative estimate of drug-likeness (QED) is 0.741. The largest absolute Gasteiger partial charge is 0.280 e. The van der Waals surface area contributed by atoms with E-state index in [1.165, 1.54) is 6.07 Å². The van der Waals surface area contributed by atoms with Crippen molar-refractivity contribution in [3.63, 3.8) is 0 Å². The molecule has 0 amide bonds. The van der Waals surface area contributed by atoms with Crippen molar-refractivity contribution in [2.75, 3.05) is 0 Å². The number of hydrogen-bond donors (Lipinski definition) is 0. The molecule has 84 valence electrons. The highest BCUT2D eigenvalue weighted by Gasteiger charge is 2.11. The van der Waals surface area contributed by atoms with Gasteiger partial charge in [0.25, 0.3) is 6.43 Å². The summed E-state index contributed by atoms with van der Waals surface area (Å²) < 4.78 is 25.1. The fourth-order valence-electron chi connectivity index (χ4n) is 1.51. The van der Waals surface area contributed by atoms with Crippen LogP contribution in [0.3, 0.4) is 0 Å². The molecule has 0 saturated heterocycles. The van der Waals surface area contributed by atoms with E-state index in [2.05, 4.69) is 18.8 Å². The number of halogens is 2. The van der Waals surface area contributed by atoms with Gasteiger partial charge in [0.15, 0.2) is 0 Å². The molecular weight excluding hydrogens is 196 g/mol. The first kappa shape index (κ1) is 12.1. The van der Waals surface area contributed by atoms with E-state index in [1.807, 2.05) is 13.0 Å². The van der Waals surface area contributed by atoms with Gasteiger partial charge in [-0.2, -0.15) is 0 Å². The fourth-order valence-corrected chi connectivity index (χ4v) is 1.51. The maximum absolute atomic E-state index is 12.5. The van der Waals surface area contributed by atoms with Crippen molar-refractivity contribution in [3.8, 4) is 0 Å². The van der Waals surface area contributed by atoms with Crippen LogP contribution in [-0.4, -0.2) is 4.98 Å². The van der Waals surface area contributed by atoms with Crippen LogP contribution in [0.2, 0.25) is 0 Å². The second kappa shape index (κ2) is 5.19. The monoisotopic (exact) mass is 213 g/mol. The maximum Gasteiger partial charge on any atom is 0.280 e. The number of hydrogen-bond acceptors (Lipinski definition) is 1. The molecule has 0 bridgehead atoms. The van der Waals surface area contributed by atoms with E-state index >= 15 is 0 Å². The molecule has 15 heavy (non-hydrogen) atoms. The molecule has 1 aromatic heterocycles. The predicted octanol–water partition coefficient (Wildman–Crippen LogP) is 3.78. The Balaban J connectivity index is 3.00. The van der Waals surface area contributed by atoms with Crippen LogP contribution in [0.4, 0.5) is 8.78 Å². The molecule has 0 atom stereocenters. The molecule has 3 heteroatoms. The maximum atomic E-state index is 12.5. The summed E-state index contributed by atoms with van der Waals surface area (Å²) in [5, 5.41) is 0. The van der Waals surface area contributed by atoms with Crippen LogP contribution in [0.15, 0.2) is 12.1 Å². The highest BCUT2D eigenvalue weighted by molar-refractivity contribution is 5.22. The molecule has 0 aliphatic heterocycles. The summed E-state index contributed by atoms with van der Waals surface area (Å²) in [5.41, 5.74) is 1.63. The van der Waals surface area contributed by atoms with Gasteiger partial charge in [0.1, 0.15) is 5.69 Å². The Kier molecular flexibility index (Phi) is 4.18. The second-order valence-electron chi connectivity index (χ2n) is 4.14. The van der Waals surface area contributed by atoms with E-state index in [1.54, 1.807) is 0 Å². The van der Waals surface area contributed by atoms with Gasteiger partial charge in [-0.15, -0.1) is 0 Å². The predicted molar refractivity (Wildman–Crippen MR) is 57.1 cm³/mol. The van der Waals surface area contributed by atoms with Crippen molar-refractivity contribution in [2.45, 2.75) is 40.0 Å². The molecule has 1 aromatic rings. The normalized spacial score (nSPS) is 11.4. The van der Waals surface area contributed by atoms with E-state index in [-0.39, 0.29) is 5.69 Å². The number of nitrogens with zero attached hydrogens (tertiary/aromatic N) is 1. The smallest absolute Gasteiger partial charge is 0.252 e. The SMILES string of the molecule is CCc1cc(CC(C)C)nc(C(F)F)c1. The lowest BCUT2D eigenvalue weighted by Crippen LogP contribution is -2.02. The minimum Gasteiger partial charge on any atom is -0.252 e. The van der Waals surface area contributed by atoms with Gasteiger partial charge >= 0.3 is 0 Å². The number of aromatic nitrogens is 1. The molecule has 0 aliphatic rings. The molecule has 1 nitrogen and oxygen atoms in total. The first-order valence-corrected chi connectivity index (χ1v) is 5.30. The molecule has 0 fully saturated rings. The van der Waals surface area contributed by atoms with Gasteiger partial charge in [0, 0.05) is 5.69 Å². The Labute approximate surface area is 89.5 Å². The number of rotatable bonds is 4. The van der Waals surface area contributed by atoms with E-state index in [4.69, 9.17) is 0 Å². The molecule has 0 N–H and O–H groups in total. The van der Waals surface area contributed by atoms with Crippen LogP contribution >= 0.6 is 0 Å². The van der Waals surface area contributed by atoms with E-state index < -0.39 is 6.43 Å². The van der Waals surface area contributed by atoms with E-state index in [0.717, 1.165) is 24.1 Å². The minimum absolute atomic E-state index is 0.0926. The van der Waals surface area contributed by atoms with Gasteiger partial charge in [-0.25, -0.2) is 8.78 Å². The molecular formula is C12H17F2N. The van der Waals surface area contributed by atoms with Crippen LogP contribution in [0.25, 0.3) is 0 Å². The lowest BCUT2D eigenvalue weighted by Gasteiger charge is -2.09. The molecule has 0 saturated carbocycles. The average molecular weight is 213 g/mol. The van der Waals surface area contributed by atoms with Crippen molar-refractivity contribution < 1.29 is 8.78 Å². The average Bonchev–Trinajstić information content (AvgIpc) is 2.16. The molecule has 0 aliphatic carbocycles. The topological polar surface area (TPSA) is 12.9 Å². The summed E-state index contributed by atoms with van der Waals surface area (Å²) in [4.78, 5) is 3.97. The van der Waals surface area contributed by atoms with Crippen molar-refractivity contribution >= 4 is 0 Å². The van der Waals surface area contributed by atoms with Gasteiger partial charge < -0.3 is 0 Å². The van der Waals surface area contributed by atoms with Crippen LogP contribution < -0.4 is 0 Å². The minimum atomic E-state index is -2.47. The van der Waals surface area contributed by atoms with E-state index in [9.17, 15) is 8.78 Å². The molecule has 0 radical (unpaired) electrons. The number of pyridine rings is 1. The van der Waals surface area contributed by atoms with Crippen molar-refractivity contribution in [3.05, 3.63) is 29.1 Å². The standard InChI is InChI=1S/C12H17F2N/c1-4-9-6-10(5-8(2)3)15-11(7-9)12(13)14/h6-8,12H,4-5H2,1-3H3. The van der Waals surface area contributed by atoms with Gasteiger partial charge in [-0.05, 0) is 36.5 Å². The van der Waals surface area contributed by atoms with Gasteiger partial charge in [-0.3, -0.25) is 4.98 Å². The summed E-state index contributed by atoms with van der Waals surface area (Å²) in [6, 6.07) is 3.42. The Hall–Kier alpha value is -0.990. The first-order valence-electron chi connectivity index (χ1n) is 5.30. The van der Waals surface area contributed by atoms with Crippen LogP contribution in [0, 0.1) is 5.92 Å². The lowest BCUT2D eigenvalue weighted by molar-refractivity contribution is 0.145. The van der Waals surface area contributed by atoms with E-state index in [0.29, 0.717) is 5.92 Å². The van der Waals surface area contributed by atoms with Crippen LogP contribution in [0.1, 0.15) is 44.1 Å². The zero-order chi connectivity index (χ0) is 11.4. The summed E-state index contributed by atoms with van der Waals surface area (Å²) in [6.07, 6.45) is -0.941. The third-order valence-corrected chi connectivity index (χ3v) is 2.21. The fraction of sp³-hybridized carbons (Fsp3) is 0.583. The highest BCUT2D eigenvalue weighted by Crippen LogP contribution is 2.20. The Morgan fingerprint density at radius 1 is 1.27 bits per heavy atom. The Bertz CT molecular complexity index is 321. The molecule has 0 unspecified atom stereocenters. The summed E-state index contributed by atoms with van der Waals surface area (Å²) in [5.74, 6) is 0.440. The first-order chi connectivity index (χ1) is 7.02. The van der Waals surface area contributed by atoms with Crippen molar-refractivity contribution in [1.82, 2.24) is 4.98 Å². The van der Waals surface area contributed by atoms with Gasteiger partial charge in [0.05, 0.1) is 0 Å². The van der Waals surface area contributed by atoms with Crippen molar-refractivity contribution in [2.24, 2.45) is 5.92 Å². The zero-order valence-corrected chi connectivity index (χ0v) is 9.43. The molecule has 0 aromatic carbocycles. The second-order valence-corrected chi connectivity index (χ2v) is 4.14. The summed E-state index contributed by atoms with van der Waals surface area (Å²) >= 11 is 0. The highest BCUT2D eigenvalue weighted by atomic mass is 19.3. The molecule has 1 rings (SSSR count). The molecule has 1 heterocycles. The van der Waals surface area contributed by atoms with Crippen molar-refractivity contribution in [1.29, 1.82) is 0 Å². The Morgan fingerprint density at radius 2 is 1.93 bits per heavy atom. The zero-order valence-electron chi connectivity index (χ0n) is 9.43. The third kappa shape index (κ3) is 3.57. The number of aryl methyl sites for hydroxylation is 1. The third-order valence-electron chi connectivity index (χ3n) is 2.21. The van der Waals surface area contributed by atoms with Gasteiger partial charge in [0.2, 0.25) is 0 Å². The lowest BCUT2D eigenvalue weighted by atomic mass is 10.0. The van der Waals surface area contributed by atoms with Gasteiger partial charge in [-0.1, -0.05) is 20.8 Å². The summed E-state index contributed by atoms with van der Waals surface area (Å²) in [7, 11) is 0. The molecule has 0 spiro atoms. The van der Waals surface area contributed by atoms with Crippen LogP contribution in [-0.2, 0) is 12.8 Å².